The van der Waals surface area contributed by atoms with Gasteiger partial charge < -0.3 is 15.5 Å². The normalized spacial score (nSPS) is 13.5. The minimum atomic E-state index is -1.20. The number of aromatic nitrogens is 1. The van der Waals surface area contributed by atoms with E-state index in [9.17, 15) is 9.90 Å². The standard InChI is InChI=1S/C14H13BrN2O3/c15-11-5-1-3-9(7-11)12(17-14(19)20)13(18)10-4-2-6-16-8-10/h1-8,12-13,17-18H,(H,19,20)/t12-,13-/m1/s1. The number of aliphatic hydroxyl groups is 1. The molecule has 0 saturated heterocycles. The van der Waals surface area contributed by atoms with Crippen molar-refractivity contribution in [3.05, 3.63) is 64.4 Å². The molecule has 0 unspecified atom stereocenters. The van der Waals surface area contributed by atoms with Gasteiger partial charge in [-0.3, -0.25) is 4.98 Å². The lowest BCUT2D eigenvalue weighted by molar-refractivity contribution is 0.120. The van der Waals surface area contributed by atoms with Crippen molar-refractivity contribution in [2.75, 3.05) is 0 Å². The van der Waals surface area contributed by atoms with E-state index >= 15 is 0 Å². The van der Waals surface area contributed by atoms with Gasteiger partial charge in [-0.2, -0.15) is 0 Å². The second-order valence-electron chi connectivity index (χ2n) is 4.21. The van der Waals surface area contributed by atoms with Gasteiger partial charge in [-0.25, -0.2) is 4.79 Å². The number of nitrogens with zero attached hydrogens (tertiary/aromatic N) is 1. The first-order valence-electron chi connectivity index (χ1n) is 5.91. The van der Waals surface area contributed by atoms with Crippen molar-refractivity contribution in [2.45, 2.75) is 12.1 Å². The van der Waals surface area contributed by atoms with Crippen LogP contribution < -0.4 is 5.32 Å². The largest absolute Gasteiger partial charge is 0.465 e. The third kappa shape index (κ3) is 3.55. The van der Waals surface area contributed by atoms with Crippen LogP contribution in [0.5, 0.6) is 0 Å². The maximum absolute atomic E-state index is 11.0. The molecular weight excluding hydrogens is 324 g/mol. The van der Waals surface area contributed by atoms with Crippen LogP contribution in [-0.2, 0) is 0 Å². The van der Waals surface area contributed by atoms with Gasteiger partial charge in [0.15, 0.2) is 0 Å². The zero-order valence-electron chi connectivity index (χ0n) is 10.4. The van der Waals surface area contributed by atoms with Gasteiger partial charge in [0.25, 0.3) is 0 Å². The van der Waals surface area contributed by atoms with E-state index < -0.39 is 18.2 Å². The average Bonchev–Trinajstić information content (AvgIpc) is 2.45. The molecule has 0 aliphatic heterocycles. The van der Waals surface area contributed by atoms with Gasteiger partial charge in [0.2, 0.25) is 0 Å². The molecule has 104 valence electrons. The summed E-state index contributed by atoms with van der Waals surface area (Å²) in [7, 11) is 0. The number of hydrogen-bond donors (Lipinski definition) is 3. The Kier molecular flexibility index (Phi) is 4.70. The summed E-state index contributed by atoms with van der Waals surface area (Å²) in [5, 5.41) is 21.7. The third-order valence-electron chi connectivity index (χ3n) is 2.83. The fraction of sp³-hybridized carbons (Fsp3) is 0.143. The van der Waals surface area contributed by atoms with Gasteiger partial charge in [-0.1, -0.05) is 34.1 Å². The second kappa shape index (κ2) is 6.49. The van der Waals surface area contributed by atoms with Crippen molar-refractivity contribution in [2.24, 2.45) is 0 Å². The van der Waals surface area contributed by atoms with E-state index in [-0.39, 0.29) is 0 Å². The zero-order chi connectivity index (χ0) is 14.5. The number of pyridine rings is 1. The number of carbonyl (C=O) groups is 1. The van der Waals surface area contributed by atoms with Crippen LogP contribution in [0.2, 0.25) is 0 Å². The van der Waals surface area contributed by atoms with E-state index in [1.54, 1.807) is 36.5 Å². The number of aliphatic hydroxyl groups excluding tert-OH is 1. The first-order valence-corrected chi connectivity index (χ1v) is 6.70. The van der Waals surface area contributed by atoms with Crippen molar-refractivity contribution in [3.63, 3.8) is 0 Å². The SMILES string of the molecule is O=C(O)N[C@H](c1cccc(Br)c1)[C@H](O)c1cccnc1. The molecule has 1 aromatic heterocycles. The van der Waals surface area contributed by atoms with Gasteiger partial charge >= 0.3 is 6.09 Å². The number of halogens is 1. The highest BCUT2D eigenvalue weighted by atomic mass is 79.9. The molecule has 0 saturated carbocycles. The molecule has 0 spiro atoms. The summed E-state index contributed by atoms with van der Waals surface area (Å²) in [6.45, 7) is 0. The molecule has 0 fully saturated rings. The quantitative estimate of drug-likeness (QED) is 0.801. The summed E-state index contributed by atoms with van der Waals surface area (Å²) in [5.41, 5.74) is 1.21. The highest BCUT2D eigenvalue weighted by Gasteiger charge is 2.24. The fourth-order valence-electron chi connectivity index (χ4n) is 1.92. The van der Waals surface area contributed by atoms with Gasteiger partial charge in [-0.15, -0.1) is 0 Å². The minimum absolute atomic E-state index is 0.547. The molecule has 3 N–H and O–H groups in total. The van der Waals surface area contributed by atoms with Crippen molar-refractivity contribution >= 4 is 22.0 Å². The van der Waals surface area contributed by atoms with E-state index in [2.05, 4.69) is 26.2 Å². The Labute approximate surface area is 124 Å². The van der Waals surface area contributed by atoms with Crippen LogP contribution in [0.25, 0.3) is 0 Å². The maximum Gasteiger partial charge on any atom is 0.405 e. The Morgan fingerprint density at radius 3 is 2.60 bits per heavy atom. The molecule has 1 aromatic carbocycles. The average molecular weight is 337 g/mol. The van der Waals surface area contributed by atoms with Crippen molar-refractivity contribution < 1.29 is 15.0 Å². The minimum Gasteiger partial charge on any atom is -0.465 e. The lowest BCUT2D eigenvalue weighted by atomic mass is 9.97. The second-order valence-corrected chi connectivity index (χ2v) is 5.13. The van der Waals surface area contributed by atoms with E-state index in [4.69, 9.17) is 5.11 Å². The Morgan fingerprint density at radius 2 is 2.00 bits per heavy atom. The molecule has 0 radical (unpaired) electrons. The molecule has 2 rings (SSSR count). The van der Waals surface area contributed by atoms with Crippen LogP contribution in [0.3, 0.4) is 0 Å². The van der Waals surface area contributed by atoms with Crippen LogP contribution in [-0.4, -0.2) is 21.3 Å². The molecule has 0 aliphatic carbocycles. The van der Waals surface area contributed by atoms with Gasteiger partial charge in [0.05, 0.1) is 6.04 Å². The first kappa shape index (κ1) is 14.5. The first-order chi connectivity index (χ1) is 9.58. The van der Waals surface area contributed by atoms with Crippen LogP contribution in [0.4, 0.5) is 4.79 Å². The summed E-state index contributed by atoms with van der Waals surface area (Å²) in [5.74, 6) is 0. The lowest BCUT2D eigenvalue weighted by Crippen LogP contribution is -2.31. The maximum atomic E-state index is 11.0. The van der Waals surface area contributed by atoms with Crippen molar-refractivity contribution in [3.8, 4) is 0 Å². The zero-order valence-corrected chi connectivity index (χ0v) is 12.0. The van der Waals surface area contributed by atoms with Crippen LogP contribution >= 0.6 is 15.9 Å². The molecule has 2 aromatic rings. The molecule has 6 heteroatoms. The number of rotatable bonds is 4. The van der Waals surface area contributed by atoms with E-state index in [0.717, 1.165) is 4.47 Å². The molecule has 1 heterocycles. The van der Waals surface area contributed by atoms with Gasteiger partial charge in [-0.05, 0) is 23.8 Å². The Morgan fingerprint density at radius 1 is 1.25 bits per heavy atom. The molecule has 2 atom stereocenters. The number of amides is 1. The van der Waals surface area contributed by atoms with E-state index in [0.29, 0.717) is 11.1 Å². The third-order valence-corrected chi connectivity index (χ3v) is 3.32. The fourth-order valence-corrected chi connectivity index (χ4v) is 2.34. The predicted molar refractivity (Wildman–Crippen MR) is 77.2 cm³/mol. The molecule has 0 aliphatic rings. The lowest BCUT2D eigenvalue weighted by Gasteiger charge is -2.23. The summed E-state index contributed by atoms with van der Waals surface area (Å²) in [4.78, 5) is 14.9. The highest BCUT2D eigenvalue weighted by molar-refractivity contribution is 9.10. The number of benzene rings is 1. The molecular formula is C14H13BrN2O3. The summed E-state index contributed by atoms with van der Waals surface area (Å²) >= 11 is 3.33. The summed E-state index contributed by atoms with van der Waals surface area (Å²) < 4.78 is 0.811. The van der Waals surface area contributed by atoms with Crippen molar-refractivity contribution in [1.82, 2.24) is 10.3 Å². The molecule has 1 amide bonds. The summed E-state index contributed by atoms with van der Waals surface area (Å²) in [6, 6.07) is 9.76. The van der Waals surface area contributed by atoms with Crippen LogP contribution in [0.1, 0.15) is 23.3 Å². The smallest absolute Gasteiger partial charge is 0.405 e. The predicted octanol–water partition coefficient (Wildman–Crippen LogP) is 2.89. The monoisotopic (exact) mass is 336 g/mol. The van der Waals surface area contributed by atoms with E-state index in [1.807, 2.05) is 6.07 Å². The van der Waals surface area contributed by atoms with E-state index in [1.165, 1.54) is 6.20 Å². The molecule has 5 nitrogen and oxygen atoms in total. The molecule has 20 heavy (non-hydrogen) atoms. The Bertz CT molecular complexity index is 592. The van der Waals surface area contributed by atoms with Crippen molar-refractivity contribution in [1.29, 1.82) is 0 Å². The van der Waals surface area contributed by atoms with Crippen LogP contribution in [0, 0.1) is 0 Å². The Balaban J connectivity index is 2.35. The van der Waals surface area contributed by atoms with Crippen LogP contribution in [0.15, 0.2) is 53.3 Å². The molecule has 0 bridgehead atoms. The Hall–Kier alpha value is -1.92. The highest BCUT2D eigenvalue weighted by Crippen LogP contribution is 2.29. The number of hydrogen-bond acceptors (Lipinski definition) is 3. The number of nitrogens with one attached hydrogen (secondary N) is 1. The summed E-state index contributed by atoms with van der Waals surface area (Å²) in [6.07, 6.45) is 0.890. The van der Waals surface area contributed by atoms with Gasteiger partial charge in [0, 0.05) is 22.4 Å². The number of carboxylic acid groups (broad SMARTS) is 1. The topological polar surface area (TPSA) is 82.5 Å². The van der Waals surface area contributed by atoms with Gasteiger partial charge in [0.1, 0.15) is 6.10 Å².